The van der Waals surface area contributed by atoms with Gasteiger partial charge in [-0.3, -0.25) is 9.59 Å². The predicted octanol–water partition coefficient (Wildman–Crippen LogP) is 3.82. The summed E-state index contributed by atoms with van der Waals surface area (Å²) in [5, 5.41) is 3.15. The fraction of sp³-hybridized carbons (Fsp3) is 0.409. The second-order valence-electron chi connectivity index (χ2n) is 8.73. The van der Waals surface area contributed by atoms with Crippen molar-refractivity contribution >= 4 is 50.7 Å². The lowest BCUT2D eigenvalue weighted by atomic mass is 9.69. The zero-order valence-electron chi connectivity index (χ0n) is 17.4. The number of hydrogen-bond acceptors (Lipinski definition) is 6. The van der Waals surface area contributed by atoms with Crippen molar-refractivity contribution in [1.82, 2.24) is 9.71 Å². The fourth-order valence-electron chi connectivity index (χ4n) is 4.55. The van der Waals surface area contributed by atoms with E-state index in [1.807, 2.05) is 0 Å². The maximum Gasteiger partial charge on any atom is 0.264 e. The Morgan fingerprint density at radius 1 is 1.15 bits per heavy atom. The minimum atomic E-state index is -3.66. The molecule has 0 bridgehead atoms. The smallest absolute Gasteiger partial charge is 0.264 e. The van der Waals surface area contributed by atoms with Crippen molar-refractivity contribution in [2.24, 2.45) is 0 Å². The van der Waals surface area contributed by atoms with Gasteiger partial charge in [-0.15, -0.1) is 0 Å². The lowest BCUT2D eigenvalue weighted by Crippen LogP contribution is -2.41. The second-order valence-corrected chi connectivity index (χ2v) is 11.5. The number of nitrogens with zero attached hydrogens (tertiary/aromatic N) is 1. The van der Waals surface area contributed by atoms with Crippen molar-refractivity contribution in [3.63, 3.8) is 0 Å². The monoisotopic (exact) mass is 509 g/mol. The number of halogens is 2. The number of hydrogen-bond donors (Lipinski definition) is 2. The van der Waals surface area contributed by atoms with Gasteiger partial charge in [-0.2, -0.15) is 0 Å². The molecule has 0 atom stereocenters. The van der Waals surface area contributed by atoms with Crippen LogP contribution in [0.1, 0.15) is 54.4 Å². The molecule has 5 rings (SSSR count). The Kier molecular flexibility index (Phi) is 5.54. The van der Waals surface area contributed by atoms with Gasteiger partial charge in [0.25, 0.3) is 5.91 Å². The highest BCUT2D eigenvalue weighted by atomic mass is 35.5. The van der Waals surface area contributed by atoms with E-state index in [-0.39, 0.29) is 17.6 Å². The number of sulfonamides is 1. The van der Waals surface area contributed by atoms with Crippen LogP contribution in [0.15, 0.2) is 30.5 Å². The average Bonchev–Trinajstić information content (AvgIpc) is 3.59. The van der Waals surface area contributed by atoms with Crippen LogP contribution in [0.25, 0.3) is 0 Å². The third kappa shape index (κ3) is 4.18. The summed E-state index contributed by atoms with van der Waals surface area (Å²) in [6.45, 7) is 0. The van der Waals surface area contributed by atoms with E-state index in [2.05, 4.69) is 15.0 Å². The van der Waals surface area contributed by atoms with Crippen molar-refractivity contribution < 1.29 is 22.7 Å². The van der Waals surface area contributed by atoms with E-state index in [9.17, 15) is 18.0 Å². The first-order chi connectivity index (χ1) is 15.7. The van der Waals surface area contributed by atoms with Gasteiger partial charge in [0.05, 0.1) is 15.7 Å². The summed E-state index contributed by atoms with van der Waals surface area (Å²) in [6.07, 6.45) is 4.60. The normalized spacial score (nSPS) is 24.3. The molecule has 11 heteroatoms. The highest BCUT2D eigenvalue weighted by molar-refractivity contribution is 7.91. The number of ether oxygens (including phenoxy) is 1. The van der Waals surface area contributed by atoms with Gasteiger partial charge in [-0.25, -0.2) is 18.1 Å². The highest BCUT2D eigenvalue weighted by Gasteiger charge is 2.49. The van der Waals surface area contributed by atoms with Crippen LogP contribution in [0, 0.1) is 0 Å². The molecule has 2 fully saturated rings. The first kappa shape index (κ1) is 22.4. The van der Waals surface area contributed by atoms with Crippen LogP contribution in [0.5, 0.6) is 5.88 Å². The van der Waals surface area contributed by atoms with Crippen molar-refractivity contribution in [3.8, 4) is 5.88 Å². The number of pyridine rings is 1. The first-order valence-electron chi connectivity index (χ1n) is 10.7. The van der Waals surface area contributed by atoms with Gasteiger partial charge in [0.1, 0.15) is 11.1 Å². The minimum absolute atomic E-state index is 0.123. The predicted molar refractivity (Wildman–Crippen MR) is 123 cm³/mol. The van der Waals surface area contributed by atoms with Crippen LogP contribution >= 0.6 is 23.2 Å². The highest BCUT2D eigenvalue weighted by Crippen LogP contribution is 2.48. The molecule has 3 aliphatic rings. The molecule has 0 saturated heterocycles. The Morgan fingerprint density at radius 2 is 1.88 bits per heavy atom. The first-order valence-corrected chi connectivity index (χ1v) is 13.0. The molecule has 174 valence electrons. The number of nitrogens with one attached hydrogen (secondary N) is 2. The van der Waals surface area contributed by atoms with Gasteiger partial charge in [0, 0.05) is 17.4 Å². The third-order valence-corrected chi connectivity index (χ3v) is 8.81. The number of fused-ring (bicyclic) bond motifs is 2. The van der Waals surface area contributed by atoms with Crippen LogP contribution in [0.4, 0.5) is 5.69 Å². The standard InChI is InChI=1S/C22H21Cl2N3O5S/c23-13-10-17(24)20(25-11-13)32-14-5-7-22(8-6-14)16-9-12(1-4-18(16)26-21(22)29)19(28)27-33(30,31)15-2-3-15/h1,4,9-11,14-15H,2-3,5-8H2,(H,26,29)(H,27,28). The number of rotatable bonds is 5. The molecule has 33 heavy (non-hydrogen) atoms. The van der Waals surface area contributed by atoms with E-state index in [1.54, 1.807) is 18.2 Å². The summed E-state index contributed by atoms with van der Waals surface area (Å²) in [5.41, 5.74) is 0.774. The maximum absolute atomic E-state index is 13.0. The summed E-state index contributed by atoms with van der Waals surface area (Å²) < 4.78 is 32.4. The van der Waals surface area contributed by atoms with E-state index in [4.69, 9.17) is 27.9 Å². The Hall–Kier alpha value is -2.36. The van der Waals surface area contributed by atoms with Crippen LogP contribution < -0.4 is 14.8 Å². The molecule has 2 aliphatic carbocycles. The Balaban J connectivity index is 1.33. The Bertz CT molecular complexity index is 1250. The zero-order chi connectivity index (χ0) is 23.4. The van der Waals surface area contributed by atoms with Gasteiger partial charge < -0.3 is 10.1 Å². The van der Waals surface area contributed by atoms with Gasteiger partial charge in [0.2, 0.25) is 21.8 Å². The van der Waals surface area contributed by atoms with Crippen LogP contribution in [0.3, 0.4) is 0 Å². The number of anilines is 1. The lowest BCUT2D eigenvalue weighted by Gasteiger charge is -2.35. The molecule has 0 unspecified atom stereocenters. The van der Waals surface area contributed by atoms with Gasteiger partial charge in [-0.1, -0.05) is 23.2 Å². The molecular weight excluding hydrogens is 489 g/mol. The molecule has 2 N–H and O–H groups in total. The number of amides is 2. The van der Waals surface area contributed by atoms with Crippen LogP contribution in [-0.4, -0.2) is 36.6 Å². The molecule has 2 heterocycles. The topological polar surface area (TPSA) is 114 Å². The summed E-state index contributed by atoms with van der Waals surface area (Å²) in [5.74, 6) is -0.504. The molecule has 1 aromatic heterocycles. The van der Waals surface area contributed by atoms with Gasteiger partial charge in [-0.05, 0) is 68.4 Å². The number of carbonyl (C=O) groups is 2. The largest absolute Gasteiger partial charge is 0.473 e. The molecule has 2 aromatic rings. The molecular formula is C22H21Cl2N3O5S. The summed E-state index contributed by atoms with van der Waals surface area (Å²) in [6, 6.07) is 6.37. The van der Waals surface area contributed by atoms with E-state index in [0.29, 0.717) is 65.7 Å². The third-order valence-electron chi connectivity index (χ3n) is 6.52. The number of carbonyl (C=O) groups excluding carboxylic acids is 2. The summed E-state index contributed by atoms with van der Waals surface area (Å²) >= 11 is 12.0. The maximum atomic E-state index is 13.0. The van der Waals surface area contributed by atoms with E-state index in [1.165, 1.54) is 12.3 Å². The van der Waals surface area contributed by atoms with Crippen molar-refractivity contribution in [3.05, 3.63) is 51.6 Å². The molecule has 1 aromatic carbocycles. The second kappa shape index (κ2) is 8.14. The van der Waals surface area contributed by atoms with E-state index < -0.39 is 26.6 Å². The summed E-state index contributed by atoms with van der Waals surface area (Å²) in [7, 11) is -3.66. The van der Waals surface area contributed by atoms with Crippen molar-refractivity contribution in [2.45, 2.75) is 55.3 Å². The van der Waals surface area contributed by atoms with Gasteiger partial charge in [0.15, 0.2) is 0 Å². The average molecular weight is 510 g/mol. The molecule has 8 nitrogen and oxygen atoms in total. The molecule has 1 spiro atoms. The van der Waals surface area contributed by atoms with Crippen LogP contribution in [-0.2, 0) is 20.2 Å². The molecule has 1 aliphatic heterocycles. The molecule has 2 saturated carbocycles. The van der Waals surface area contributed by atoms with Crippen molar-refractivity contribution in [2.75, 3.05) is 5.32 Å². The number of aromatic nitrogens is 1. The molecule has 2 amide bonds. The van der Waals surface area contributed by atoms with Crippen molar-refractivity contribution in [1.29, 1.82) is 0 Å². The summed E-state index contributed by atoms with van der Waals surface area (Å²) in [4.78, 5) is 29.7. The SMILES string of the molecule is O=C(NS(=O)(=O)C1CC1)c1ccc2c(c1)C1(CCC(Oc3ncc(Cl)cc3Cl)CC1)C(=O)N2. The van der Waals surface area contributed by atoms with Gasteiger partial charge >= 0.3 is 0 Å². The number of benzene rings is 1. The molecule has 0 radical (unpaired) electrons. The Labute approximate surface area is 201 Å². The van der Waals surface area contributed by atoms with E-state index >= 15 is 0 Å². The zero-order valence-corrected chi connectivity index (χ0v) is 19.8. The quantitative estimate of drug-likeness (QED) is 0.632. The minimum Gasteiger partial charge on any atom is -0.473 e. The van der Waals surface area contributed by atoms with E-state index in [0.717, 1.165) is 0 Å². The fourth-order valence-corrected chi connectivity index (χ4v) is 6.27. The lowest BCUT2D eigenvalue weighted by molar-refractivity contribution is -0.122. The van der Waals surface area contributed by atoms with Crippen LogP contribution in [0.2, 0.25) is 10.0 Å². The Morgan fingerprint density at radius 3 is 2.55 bits per heavy atom.